The van der Waals surface area contributed by atoms with Crippen molar-refractivity contribution in [1.82, 2.24) is 0 Å². The van der Waals surface area contributed by atoms with Gasteiger partial charge in [-0.1, -0.05) is 75.1 Å². The lowest BCUT2D eigenvalue weighted by atomic mass is 10.1. The third kappa shape index (κ3) is 13.1. The van der Waals surface area contributed by atoms with Crippen molar-refractivity contribution in [3.8, 4) is 0 Å². The molecule has 0 aromatic carbocycles. The molecule has 0 aliphatic heterocycles. The Hall–Kier alpha value is 0.890. The molecular weight excluding hydrogens is 271 g/mol. The second-order valence-electron chi connectivity index (χ2n) is 4.26. The molecule has 0 saturated heterocycles. The second kappa shape index (κ2) is 12.0. The van der Waals surface area contributed by atoms with E-state index in [1.807, 2.05) is 0 Å². The number of hydrogen-bond donors (Lipinski definition) is 1. The molecule has 0 rings (SSSR count). The Morgan fingerprint density at radius 2 is 1.29 bits per heavy atom. The molecule has 0 amide bonds. The van der Waals surface area contributed by atoms with Gasteiger partial charge in [0.1, 0.15) is 0 Å². The third-order valence-corrected chi connectivity index (χ3v) is 9.05. The molecule has 1 atom stereocenters. The Labute approximate surface area is 115 Å². The zero-order valence-corrected chi connectivity index (χ0v) is 13.7. The smallest absolute Gasteiger partial charge is 0.310 e. The lowest BCUT2D eigenvalue weighted by molar-refractivity contribution is 0.514. The van der Waals surface area contributed by atoms with Crippen molar-refractivity contribution in [3.05, 3.63) is 0 Å². The van der Waals surface area contributed by atoms with Gasteiger partial charge in [0.15, 0.2) is 0 Å². The van der Waals surface area contributed by atoms with Crippen LogP contribution in [0.4, 0.5) is 0 Å². The predicted molar refractivity (Wildman–Crippen MR) is 83.0 cm³/mol. The Morgan fingerprint density at radius 3 is 1.88 bits per heavy atom. The highest BCUT2D eigenvalue weighted by atomic mass is 33.1. The van der Waals surface area contributed by atoms with Gasteiger partial charge in [-0.15, -0.1) is 0 Å². The van der Waals surface area contributed by atoms with Gasteiger partial charge in [-0.3, -0.25) is 4.57 Å². The van der Waals surface area contributed by atoms with Crippen molar-refractivity contribution in [2.75, 3.05) is 11.5 Å². The Balaban J connectivity index is 3.36. The Bertz CT molecular complexity index is 213. The molecular formula is C12H27O2PS2. The summed E-state index contributed by atoms with van der Waals surface area (Å²) in [7, 11) is 0. The predicted octanol–water partition coefficient (Wildman–Crippen LogP) is 5.71. The van der Waals surface area contributed by atoms with Crippen LogP contribution in [0.3, 0.4) is 0 Å². The van der Waals surface area contributed by atoms with Crippen molar-refractivity contribution in [1.29, 1.82) is 0 Å². The van der Waals surface area contributed by atoms with Crippen molar-refractivity contribution < 1.29 is 9.46 Å². The maximum atomic E-state index is 11.7. The van der Waals surface area contributed by atoms with Gasteiger partial charge in [-0.2, -0.15) is 0 Å². The van der Waals surface area contributed by atoms with E-state index in [1.165, 1.54) is 54.9 Å². The normalized spacial score (nSPS) is 14.8. The molecule has 0 aromatic heterocycles. The van der Waals surface area contributed by atoms with E-state index < -0.39 is 5.77 Å². The van der Waals surface area contributed by atoms with E-state index in [0.717, 1.165) is 30.8 Å². The van der Waals surface area contributed by atoms with Crippen LogP contribution in [-0.2, 0) is 4.57 Å². The summed E-state index contributed by atoms with van der Waals surface area (Å²) < 4.78 is 11.7. The SMILES string of the molecule is CCCCCCCCSP(=O)(O)SCCCC. The summed E-state index contributed by atoms with van der Waals surface area (Å²) in [5, 5.41) is 0. The highest BCUT2D eigenvalue weighted by molar-refractivity contribution is 8.88. The third-order valence-electron chi connectivity index (χ3n) is 2.50. The summed E-state index contributed by atoms with van der Waals surface area (Å²) in [5.74, 6) is -1.30. The maximum Gasteiger partial charge on any atom is 0.310 e. The van der Waals surface area contributed by atoms with Gasteiger partial charge in [0.25, 0.3) is 0 Å². The van der Waals surface area contributed by atoms with Crippen molar-refractivity contribution in [2.45, 2.75) is 65.2 Å². The molecule has 0 saturated carbocycles. The molecule has 17 heavy (non-hydrogen) atoms. The van der Waals surface area contributed by atoms with Crippen LogP contribution in [0.2, 0.25) is 0 Å². The molecule has 0 aliphatic rings. The van der Waals surface area contributed by atoms with Gasteiger partial charge in [-0.25, -0.2) is 0 Å². The second-order valence-corrected chi connectivity index (χ2v) is 11.7. The Kier molecular flexibility index (Phi) is 12.6. The van der Waals surface area contributed by atoms with Crippen LogP contribution in [0.5, 0.6) is 0 Å². The lowest BCUT2D eigenvalue weighted by Crippen LogP contribution is -1.83. The average Bonchev–Trinajstić information content (AvgIpc) is 2.28. The molecule has 0 radical (unpaired) electrons. The molecule has 104 valence electrons. The number of hydrogen-bond acceptors (Lipinski definition) is 3. The fourth-order valence-corrected chi connectivity index (χ4v) is 7.11. The van der Waals surface area contributed by atoms with Gasteiger partial charge in [0.2, 0.25) is 0 Å². The molecule has 0 aromatic rings. The molecule has 1 unspecified atom stereocenters. The standard InChI is InChI=1S/C12H27O2PS2/c1-3-5-7-8-9-10-12-17-15(13,14)16-11-6-4-2/h3-12H2,1-2H3,(H,13,14). The highest BCUT2D eigenvalue weighted by Gasteiger charge is 2.18. The first-order valence-corrected chi connectivity index (χ1v) is 11.6. The van der Waals surface area contributed by atoms with Gasteiger partial charge in [-0.05, 0) is 12.8 Å². The van der Waals surface area contributed by atoms with Crippen LogP contribution in [0.1, 0.15) is 65.2 Å². The summed E-state index contributed by atoms with van der Waals surface area (Å²) >= 11 is 2.52. The van der Waals surface area contributed by atoms with E-state index >= 15 is 0 Å². The first kappa shape index (κ1) is 17.9. The number of rotatable bonds is 12. The van der Waals surface area contributed by atoms with E-state index in [1.54, 1.807) is 0 Å². The van der Waals surface area contributed by atoms with Gasteiger partial charge in [0.05, 0.1) is 0 Å². The molecule has 5 heteroatoms. The topological polar surface area (TPSA) is 37.3 Å². The van der Waals surface area contributed by atoms with E-state index in [-0.39, 0.29) is 0 Å². The minimum Gasteiger partial charge on any atom is -0.329 e. The summed E-state index contributed by atoms with van der Waals surface area (Å²) in [6.07, 6.45) is 9.57. The lowest BCUT2D eigenvalue weighted by Gasteiger charge is -2.09. The van der Waals surface area contributed by atoms with E-state index in [0.29, 0.717) is 0 Å². The molecule has 2 nitrogen and oxygen atoms in total. The van der Waals surface area contributed by atoms with Crippen LogP contribution in [0, 0.1) is 0 Å². The summed E-state index contributed by atoms with van der Waals surface area (Å²) in [6.45, 7) is 4.32. The minimum absolute atomic E-state index is 0.813. The first-order chi connectivity index (χ1) is 8.12. The Morgan fingerprint density at radius 1 is 0.824 bits per heavy atom. The zero-order chi connectivity index (χ0) is 13.0. The fourth-order valence-electron chi connectivity index (χ4n) is 1.42. The summed E-state index contributed by atoms with van der Waals surface area (Å²) in [6, 6.07) is 0. The molecule has 0 spiro atoms. The van der Waals surface area contributed by atoms with Gasteiger partial charge in [0, 0.05) is 11.5 Å². The molecule has 0 heterocycles. The van der Waals surface area contributed by atoms with Crippen LogP contribution in [-0.4, -0.2) is 16.4 Å². The highest BCUT2D eigenvalue weighted by Crippen LogP contribution is 2.65. The van der Waals surface area contributed by atoms with Crippen LogP contribution >= 0.6 is 28.5 Å². The van der Waals surface area contributed by atoms with Crippen LogP contribution in [0.15, 0.2) is 0 Å². The quantitative estimate of drug-likeness (QED) is 0.369. The fraction of sp³-hybridized carbons (Fsp3) is 1.00. The van der Waals surface area contributed by atoms with Crippen LogP contribution in [0.25, 0.3) is 0 Å². The summed E-state index contributed by atoms with van der Waals surface area (Å²) in [4.78, 5) is 9.66. The van der Waals surface area contributed by atoms with Gasteiger partial charge < -0.3 is 4.89 Å². The van der Waals surface area contributed by atoms with Gasteiger partial charge >= 0.3 is 5.77 Å². The largest absolute Gasteiger partial charge is 0.329 e. The minimum atomic E-state index is -2.95. The molecule has 0 fully saturated rings. The summed E-state index contributed by atoms with van der Waals surface area (Å²) in [5.41, 5.74) is 0. The zero-order valence-electron chi connectivity index (χ0n) is 11.2. The molecule has 1 N–H and O–H groups in total. The molecule has 0 aliphatic carbocycles. The first-order valence-electron chi connectivity index (χ1n) is 6.74. The maximum absolute atomic E-state index is 11.7. The van der Waals surface area contributed by atoms with E-state index in [4.69, 9.17) is 0 Å². The van der Waals surface area contributed by atoms with Crippen molar-refractivity contribution in [2.24, 2.45) is 0 Å². The van der Waals surface area contributed by atoms with E-state index in [9.17, 15) is 9.46 Å². The van der Waals surface area contributed by atoms with Crippen molar-refractivity contribution in [3.63, 3.8) is 0 Å². The van der Waals surface area contributed by atoms with E-state index in [2.05, 4.69) is 13.8 Å². The number of unbranched alkanes of at least 4 members (excludes halogenated alkanes) is 6. The molecule has 0 bridgehead atoms. The monoisotopic (exact) mass is 298 g/mol. The van der Waals surface area contributed by atoms with Crippen LogP contribution < -0.4 is 0 Å². The average molecular weight is 298 g/mol. The van der Waals surface area contributed by atoms with Crippen molar-refractivity contribution >= 4 is 28.5 Å².